The third-order valence-corrected chi connectivity index (χ3v) is 2.76. The molecule has 0 aliphatic carbocycles. The monoisotopic (exact) mass is 221 g/mol. The van der Waals surface area contributed by atoms with Crippen LogP contribution >= 0.6 is 0 Å². The number of hydrogen-bond donors (Lipinski definition) is 1. The first-order chi connectivity index (χ1) is 8.36. The van der Waals surface area contributed by atoms with Gasteiger partial charge in [0, 0.05) is 17.2 Å². The van der Waals surface area contributed by atoms with E-state index in [0.29, 0.717) is 0 Å². The number of nitrogens with one attached hydrogen (secondary N) is 1. The number of H-pyrrole nitrogens is 1. The first-order valence-electron chi connectivity index (χ1n) is 5.39. The van der Waals surface area contributed by atoms with Crippen LogP contribution in [0.15, 0.2) is 55.5 Å². The molecule has 0 saturated carbocycles. The lowest BCUT2D eigenvalue weighted by molar-refractivity contribution is 1.18. The Kier molecular flexibility index (Phi) is 2.22. The van der Waals surface area contributed by atoms with Gasteiger partial charge < -0.3 is 4.98 Å². The zero-order valence-electron chi connectivity index (χ0n) is 9.22. The van der Waals surface area contributed by atoms with E-state index >= 15 is 0 Å². The Bertz CT molecular complexity index is 668. The van der Waals surface area contributed by atoms with E-state index in [2.05, 4.69) is 21.5 Å². The van der Waals surface area contributed by atoms with Crippen LogP contribution in [0.5, 0.6) is 0 Å². The molecule has 3 nitrogen and oxygen atoms in total. The number of benzene rings is 1. The summed E-state index contributed by atoms with van der Waals surface area (Å²) in [4.78, 5) is 11.6. The van der Waals surface area contributed by atoms with Gasteiger partial charge in [-0.05, 0) is 11.6 Å². The number of aromatic amines is 1. The third-order valence-electron chi connectivity index (χ3n) is 2.76. The Labute approximate surface area is 98.9 Å². The maximum atomic E-state index is 4.32. The van der Waals surface area contributed by atoms with Crippen LogP contribution in [0.1, 0.15) is 11.3 Å². The van der Waals surface area contributed by atoms with Crippen molar-refractivity contribution in [1.29, 1.82) is 0 Å². The van der Waals surface area contributed by atoms with E-state index in [9.17, 15) is 0 Å². The van der Waals surface area contributed by atoms with Crippen molar-refractivity contribution in [3.8, 4) is 0 Å². The molecule has 0 bridgehead atoms. The predicted molar refractivity (Wildman–Crippen MR) is 68.5 cm³/mol. The van der Waals surface area contributed by atoms with Crippen molar-refractivity contribution < 1.29 is 0 Å². The largest absolute Gasteiger partial charge is 0.346 e. The summed E-state index contributed by atoms with van der Waals surface area (Å²) in [5.74, 6) is 0. The lowest BCUT2D eigenvalue weighted by Gasteiger charge is -2.05. The molecule has 0 fully saturated rings. The van der Waals surface area contributed by atoms with E-state index in [1.165, 1.54) is 0 Å². The summed E-state index contributed by atoms with van der Waals surface area (Å²) in [6, 6.07) is 12.0. The highest BCUT2D eigenvalue weighted by atomic mass is 14.9. The van der Waals surface area contributed by atoms with Crippen molar-refractivity contribution in [2.75, 3.05) is 0 Å². The molecule has 0 aliphatic rings. The Hall–Kier alpha value is -2.42. The van der Waals surface area contributed by atoms with Crippen LogP contribution in [0.4, 0.5) is 0 Å². The smallest absolute Gasteiger partial charge is 0.141 e. The highest BCUT2D eigenvalue weighted by Gasteiger charge is 2.09. The molecule has 0 spiro atoms. The summed E-state index contributed by atoms with van der Waals surface area (Å²) in [5.41, 5.74) is 3.71. The molecule has 2 heterocycles. The van der Waals surface area contributed by atoms with Gasteiger partial charge in [0.15, 0.2) is 0 Å². The van der Waals surface area contributed by atoms with E-state index in [4.69, 9.17) is 0 Å². The molecule has 0 radical (unpaired) electrons. The average molecular weight is 221 g/mol. The van der Waals surface area contributed by atoms with Crippen molar-refractivity contribution >= 4 is 16.6 Å². The van der Waals surface area contributed by atoms with Gasteiger partial charge >= 0.3 is 0 Å². The summed E-state index contributed by atoms with van der Waals surface area (Å²) in [6.07, 6.45) is 3.42. The van der Waals surface area contributed by atoms with Crippen LogP contribution in [0, 0.1) is 0 Å². The first kappa shape index (κ1) is 9.78. The van der Waals surface area contributed by atoms with Gasteiger partial charge in [0.2, 0.25) is 0 Å². The first-order valence-corrected chi connectivity index (χ1v) is 5.39. The predicted octanol–water partition coefficient (Wildman–Crippen LogP) is 3.02. The van der Waals surface area contributed by atoms with Crippen LogP contribution in [0.2, 0.25) is 0 Å². The molecule has 3 heteroatoms. The van der Waals surface area contributed by atoms with Gasteiger partial charge in [-0.1, -0.05) is 36.9 Å². The van der Waals surface area contributed by atoms with Crippen molar-refractivity contribution in [3.63, 3.8) is 0 Å². The third kappa shape index (κ3) is 1.61. The van der Waals surface area contributed by atoms with Gasteiger partial charge in [-0.2, -0.15) is 0 Å². The minimum atomic E-state index is 0.840. The molecule has 2 aromatic heterocycles. The summed E-state index contributed by atoms with van der Waals surface area (Å²) in [6.45, 7) is 4.12. The van der Waals surface area contributed by atoms with Gasteiger partial charge in [0.05, 0.1) is 5.69 Å². The Balaban J connectivity index is 2.16. The zero-order valence-corrected chi connectivity index (χ0v) is 9.22. The summed E-state index contributed by atoms with van der Waals surface area (Å²) < 4.78 is 0. The average Bonchev–Trinajstić information content (AvgIpc) is 2.87. The van der Waals surface area contributed by atoms with Crippen LogP contribution in [0.3, 0.4) is 0 Å². The minimum absolute atomic E-state index is 0.840. The molecule has 0 atom stereocenters. The molecule has 3 rings (SSSR count). The van der Waals surface area contributed by atoms with Crippen molar-refractivity contribution in [2.45, 2.75) is 0 Å². The Morgan fingerprint density at radius 3 is 2.71 bits per heavy atom. The second kappa shape index (κ2) is 3.87. The van der Waals surface area contributed by atoms with Gasteiger partial charge in [0.25, 0.3) is 0 Å². The number of hydrogen-bond acceptors (Lipinski definition) is 2. The fraction of sp³-hybridized carbons (Fsp3) is 0. The molecule has 0 aliphatic heterocycles. The fourth-order valence-electron chi connectivity index (χ4n) is 1.89. The van der Waals surface area contributed by atoms with Gasteiger partial charge in [-0.25, -0.2) is 9.97 Å². The number of aromatic nitrogens is 3. The maximum absolute atomic E-state index is 4.32. The van der Waals surface area contributed by atoms with E-state index in [0.717, 1.165) is 27.9 Å². The summed E-state index contributed by atoms with van der Waals surface area (Å²) >= 11 is 0. The summed E-state index contributed by atoms with van der Waals surface area (Å²) in [7, 11) is 0. The molecule has 1 aromatic carbocycles. The number of nitrogens with zero attached hydrogens (tertiary/aromatic N) is 2. The molecular formula is C14H11N3. The lowest BCUT2D eigenvalue weighted by Crippen LogP contribution is -1.92. The normalized spacial score (nSPS) is 10.6. The maximum Gasteiger partial charge on any atom is 0.141 e. The second-order valence-electron chi connectivity index (χ2n) is 3.81. The van der Waals surface area contributed by atoms with E-state index in [1.54, 1.807) is 6.33 Å². The highest BCUT2D eigenvalue weighted by Crippen LogP contribution is 2.24. The zero-order chi connectivity index (χ0) is 11.7. The van der Waals surface area contributed by atoms with Crippen LogP contribution < -0.4 is 0 Å². The topological polar surface area (TPSA) is 41.6 Å². The van der Waals surface area contributed by atoms with Gasteiger partial charge in [-0.3, -0.25) is 0 Å². The lowest BCUT2D eigenvalue weighted by atomic mass is 10.0. The Morgan fingerprint density at radius 1 is 1.06 bits per heavy atom. The number of fused-ring (bicyclic) bond motifs is 1. The molecule has 0 saturated heterocycles. The second-order valence-corrected chi connectivity index (χ2v) is 3.81. The molecule has 0 unspecified atom stereocenters. The van der Waals surface area contributed by atoms with Crippen molar-refractivity contribution in [3.05, 3.63) is 66.8 Å². The van der Waals surface area contributed by atoms with E-state index < -0.39 is 0 Å². The van der Waals surface area contributed by atoms with E-state index in [-0.39, 0.29) is 0 Å². The van der Waals surface area contributed by atoms with Crippen molar-refractivity contribution in [2.24, 2.45) is 0 Å². The van der Waals surface area contributed by atoms with Gasteiger partial charge in [0.1, 0.15) is 12.0 Å². The molecular weight excluding hydrogens is 210 g/mol. The van der Waals surface area contributed by atoms with Crippen molar-refractivity contribution in [1.82, 2.24) is 15.0 Å². The number of rotatable bonds is 2. The quantitative estimate of drug-likeness (QED) is 0.722. The van der Waals surface area contributed by atoms with Crippen LogP contribution in [-0.2, 0) is 0 Å². The molecule has 0 amide bonds. The molecule has 17 heavy (non-hydrogen) atoms. The van der Waals surface area contributed by atoms with Crippen LogP contribution in [0.25, 0.3) is 16.6 Å². The SMILES string of the molecule is C=C(c1ccccc1)c1ncnc2[nH]ccc12. The van der Waals surface area contributed by atoms with E-state index in [1.807, 2.05) is 42.6 Å². The molecule has 82 valence electrons. The summed E-state index contributed by atoms with van der Waals surface area (Å²) in [5, 5.41) is 1.00. The fourth-order valence-corrected chi connectivity index (χ4v) is 1.89. The Morgan fingerprint density at radius 2 is 1.88 bits per heavy atom. The minimum Gasteiger partial charge on any atom is -0.346 e. The molecule has 3 aromatic rings. The standard InChI is InChI=1S/C14H11N3/c1-10(11-5-3-2-4-6-11)13-12-7-8-15-14(12)17-9-16-13/h2-9H,1H2,(H,15,16,17). The van der Waals surface area contributed by atoms with Crippen LogP contribution in [-0.4, -0.2) is 15.0 Å². The highest BCUT2D eigenvalue weighted by molar-refractivity contribution is 5.92. The molecule has 1 N–H and O–H groups in total. The van der Waals surface area contributed by atoms with Gasteiger partial charge in [-0.15, -0.1) is 0 Å².